The van der Waals surface area contributed by atoms with E-state index >= 15 is 0 Å². The summed E-state index contributed by atoms with van der Waals surface area (Å²) in [6.45, 7) is 1.12. The maximum atomic E-state index is 14.5. The first-order chi connectivity index (χ1) is 15.7. The first-order valence-electron chi connectivity index (χ1n) is 9.33. The van der Waals surface area contributed by atoms with E-state index in [-0.39, 0.29) is 33.1 Å². The van der Waals surface area contributed by atoms with Crippen molar-refractivity contribution in [1.29, 1.82) is 0 Å². The molecule has 174 valence electrons. The van der Waals surface area contributed by atoms with Crippen LogP contribution in [0.15, 0.2) is 29.3 Å². The molecule has 1 amide bonds. The number of nitrogens with zero attached hydrogens (tertiary/aromatic N) is 3. The number of fused-ring (bicyclic) bond motifs is 1. The molecule has 13 heteroatoms. The van der Waals surface area contributed by atoms with Gasteiger partial charge in [0.15, 0.2) is 22.1 Å². The lowest BCUT2D eigenvalue weighted by Crippen LogP contribution is -2.23. The normalized spacial score (nSPS) is 11.5. The number of hydrogen-bond donors (Lipinski definition) is 0. The lowest BCUT2D eigenvalue weighted by atomic mass is 10.1. The number of carbonyl (C=O) groups excluding carboxylic acids is 2. The molecule has 0 bridgehead atoms. The SMILES string of the molecule is CCOC(=O)Cn1c(=NC(=O)c2cc(OC)c(OC)cc2[N+](=O)[O-])sc2cc(F)cc(F)c21. The van der Waals surface area contributed by atoms with Crippen LogP contribution in [0.25, 0.3) is 10.2 Å². The number of halogens is 2. The minimum atomic E-state index is -1.06. The Morgan fingerprint density at radius 2 is 1.82 bits per heavy atom. The third-order valence-electron chi connectivity index (χ3n) is 4.41. The molecule has 1 heterocycles. The maximum absolute atomic E-state index is 14.5. The minimum absolute atomic E-state index is 0.0255. The monoisotopic (exact) mass is 481 g/mol. The average molecular weight is 481 g/mol. The Bertz CT molecular complexity index is 1330. The number of rotatable bonds is 7. The number of ether oxygens (including phenoxy) is 3. The molecular formula is C20H17F2N3O7S. The van der Waals surface area contributed by atoms with Gasteiger partial charge in [0.25, 0.3) is 11.6 Å². The van der Waals surface area contributed by atoms with Crippen molar-refractivity contribution in [3.05, 3.63) is 56.4 Å². The van der Waals surface area contributed by atoms with Gasteiger partial charge in [-0.3, -0.25) is 19.7 Å². The van der Waals surface area contributed by atoms with Gasteiger partial charge in [-0.2, -0.15) is 4.99 Å². The van der Waals surface area contributed by atoms with Crippen LogP contribution in [0.2, 0.25) is 0 Å². The van der Waals surface area contributed by atoms with Gasteiger partial charge < -0.3 is 18.8 Å². The highest BCUT2D eigenvalue weighted by Crippen LogP contribution is 2.35. The fraction of sp³-hybridized carbons (Fsp3) is 0.250. The predicted molar refractivity (Wildman–Crippen MR) is 112 cm³/mol. The highest BCUT2D eigenvalue weighted by atomic mass is 32.1. The molecular weight excluding hydrogens is 464 g/mol. The van der Waals surface area contributed by atoms with Gasteiger partial charge in [0, 0.05) is 12.1 Å². The summed E-state index contributed by atoms with van der Waals surface area (Å²) in [6.07, 6.45) is 0. The Morgan fingerprint density at radius 1 is 1.15 bits per heavy atom. The zero-order valence-electron chi connectivity index (χ0n) is 17.6. The molecule has 0 unspecified atom stereocenters. The summed E-state index contributed by atoms with van der Waals surface area (Å²) in [4.78, 5) is 39.4. The standard InChI is InChI=1S/C20H17F2N3O7S/c1-4-32-17(26)9-24-18-12(22)5-10(21)6-16(18)33-20(24)23-19(27)11-7-14(30-2)15(31-3)8-13(11)25(28)29/h5-8H,4,9H2,1-3H3. The van der Waals surface area contributed by atoms with Gasteiger partial charge in [0.05, 0.1) is 42.0 Å². The number of methoxy groups -OCH3 is 2. The second-order valence-corrected chi connectivity index (χ2v) is 7.42. The number of nitro benzene ring substituents is 1. The number of benzene rings is 2. The lowest BCUT2D eigenvalue weighted by molar-refractivity contribution is -0.385. The zero-order valence-corrected chi connectivity index (χ0v) is 18.4. The number of aromatic nitrogens is 1. The van der Waals surface area contributed by atoms with Crippen LogP contribution in [0, 0.1) is 21.7 Å². The average Bonchev–Trinajstić information content (AvgIpc) is 3.09. The molecule has 3 aromatic rings. The smallest absolute Gasteiger partial charge is 0.326 e. The Labute approximate surface area is 188 Å². The molecule has 2 aromatic carbocycles. The van der Waals surface area contributed by atoms with Crippen LogP contribution < -0.4 is 14.3 Å². The Morgan fingerprint density at radius 3 is 2.42 bits per heavy atom. The Kier molecular flexibility index (Phi) is 7.01. The van der Waals surface area contributed by atoms with E-state index in [1.54, 1.807) is 6.92 Å². The number of esters is 1. The molecule has 1 aromatic heterocycles. The van der Waals surface area contributed by atoms with Crippen LogP contribution in [-0.2, 0) is 16.1 Å². The highest BCUT2D eigenvalue weighted by molar-refractivity contribution is 7.16. The largest absolute Gasteiger partial charge is 0.493 e. The van der Waals surface area contributed by atoms with E-state index in [9.17, 15) is 28.5 Å². The summed E-state index contributed by atoms with van der Waals surface area (Å²) in [7, 11) is 2.56. The van der Waals surface area contributed by atoms with Crippen LogP contribution in [0.5, 0.6) is 11.5 Å². The van der Waals surface area contributed by atoms with Gasteiger partial charge in [0.1, 0.15) is 17.9 Å². The lowest BCUT2D eigenvalue weighted by Gasteiger charge is -2.09. The molecule has 0 aliphatic carbocycles. The summed E-state index contributed by atoms with van der Waals surface area (Å²) < 4.78 is 44.4. The first kappa shape index (κ1) is 23.8. The van der Waals surface area contributed by atoms with Crippen LogP contribution >= 0.6 is 11.3 Å². The van der Waals surface area contributed by atoms with E-state index in [1.807, 2.05) is 0 Å². The first-order valence-corrected chi connectivity index (χ1v) is 10.1. The van der Waals surface area contributed by atoms with Crippen molar-refractivity contribution in [2.75, 3.05) is 20.8 Å². The molecule has 0 saturated carbocycles. The van der Waals surface area contributed by atoms with Crippen molar-refractivity contribution in [2.45, 2.75) is 13.5 Å². The predicted octanol–water partition coefficient (Wildman–Crippen LogP) is 3.21. The molecule has 0 spiro atoms. The fourth-order valence-electron chi connectivity index (χ4n) is 3.03. The van der Waals surface area contributed by atoms with Gasteiger partial charge in [-0.25, -0.2) is 8.78 Å². The maximum Gasteiger partial charge on any atom is 0.326 e. The number of hydrogen-bond acceptors (Lipinski definition) is 8. The minimum Gasteiger partial charge on any atom is -0.493 e. The summed E-state index contributed by atoms with van der Waals surface area (Å²) in [6, 6.07) is 3.74. The molecule has 0 atom stereocenters. The molecule has 10 nitrogen and oxygen atoms in total. The van der Waals surface area contributed by atoms with Crippen LogP contribution in [0.3, 0.4) is 0 Å². The van der Waals surface area contributed by atoms with Crippen molar-refractivity contribution in [1.82, 2.24) is 4.57 Å². The van der Waals surface area contributed by atoms with Crippen molar-refractivity contribution in [3.63, 3.8) is 0 Å². The number of thiazole rings is 1. The van der Waals surface area contributed by atoms with Gasteiger partial charge >= 0.3 is 5.97 Å². The summed E-state index contributed by atoms with van der Waals surface area (Å²) >= 11 is 0.729. The van der Waals surface area contributed by atoms with Gasteiger partial charge in [-0.15, -0.1) is 0 Å². The topological polar surface area (TPSA) is 122 Å². The fourth-order valence-corrected chi connectivity index (χ4v) is 4.10. The van der Waals surface area contributed by atoms with Crippen LogP contribution in [0.1, 0.15) is 17.3 Å². The number of nitro groups is 1. The van der Waals surface area contributed by atoms with Crippen molar-refractivity contribution in [2.24, 2.45) is 4.99 Å². The number of amides is 1. The summed E-state index contributed by atoms with van der Waals surface area (Å²) in [5, 5.41) is 11.5. The van der Waals surface area contributed by atoms with Crippen molar-refractivity contribution < 1.29 is 37.5 Å². The molecule has 33 heavy (non-hydrogen) atoms. The van der Waals surface area contributed by atoms with E-state index in [4.69, 9.17) is 14.2 Å². The molecule has 0 fully saturated rings. The van der Waals surface area contributed by atoms with Gasteiger partial charge in [0.2, 0.25) is 0 Å². The third kappa shape index (κ3) is 4.82. The van der Waals surface area contributed by atoms with E-state index in [2.05, 4.69) is 4.99 Å². The number of carbonyl (C=O) groups is 2. The second-order valence-electron chi connectivity index (χ2n) is 6.41. The molecule has 0 aliphatic heterocycles. The van der Waals surface area contributed by atoms with E-state index < -0.39 is 46.2 Å². The van der Waals surface area contributed by atoms with E-state index in [0.29, 0.717) is 6.07 Å². The van der Waals surface area contributed by atoms with E-state index in [0.717, 1.165) is 34.1 Å². The molecule has 0 radical (unpaired) electrons. The van der Waals surface area contributed by atoms with Crippen molar-refractivity contribution in [3.8, 4) is 11.5 Å². The molecule has 3 rings (SSSR count). The van der Waals surface area contributed by atoms with Gasteiger partial charge in [-0.1, -0.05) is 11.3 Å². The van der Waals surface area contributed by atoms with E-state index in [1.165, 1.54) is 14.2 Å². The Balaban J connectivity index is 2.24. The van der Waals surface area contributed by atoms with Crippen LogP contribution in [-0.4, -0.2) is 42.2 Å². The van der Waals surface area contributed by atoms with Crippen LogP contribution in [0.4, 0.5) is 14.5 Å². The molecule has 0 aliphatic rings. The Hall–Kier alpha value is -3.87. The highest BCUT2D eigenvalue weighted by Gasteiger charge is 2.25. The molecule has 0 N–H and O–H groups in total. The van der Waals surface area contributed by atoms with Crippen molar-refractivity contribution >= 4 is 39.1 Å². The third-order valence-corrected chi connectivity index (χ3v) is 5.44. The summed E-state index contributed by atoms with van der Waals surface area (Å²) in [5.41, 5.74) is -1.19. The zero-order chi connectivity index (χ0) is 24.3. The quantitative estimate of drug-likeness (QED) is 0.288. The molecule has 0 saturated heterocycles. The summed E-state index contributed by atoms with van der Waals surface area (Å²) in [5.74, 6) is -3.57. The van der Waals surface area contributed by atoms with Gasteiger partial charge in [-0.05, 0) is 13.0 Å². The second kappa shape index (κ2) is 9.73.